The van der Waals surface area contributed by atoms with Crippen LogP contribution < -0.4 is 44.6 Å². The number of guanidine groups is 1. The highest BCUT2D eigenvalue weighted by Gasteiger charge is 2.31. The summed E-state index contributed by atoms with van der Waals surface area (Å²) in [6.07, 6.45) is 0.786. The van der Waals surface area contributed by atoms with E-state index in [1.54, 1.807) is 6.20 Å². The van der Waals surface area contributed by atoms with E-state index in [9.17, 15) is 33.9 Å². The zero-order valence-corrected chi connectivity index (χ0v) is 23.4. The molecule has 234 valence electrons. The van der Waals surface area contributed by atoms with E-state index < -0.39 is 66.1 Å². The molecule has 0 fully saturated rings. The van der Waals surface area contributed by atoms with E-state index in [2.05, 4.69) is 25.9 Å². The number of rotatable bonds is 18. The molecule has 1 heterocycles. The maximum Gasteiger partial charge on any atom is 0.326 e. The minimum absolute atomic E-state index is 0.0617. The van der Waals surface area contributed by atoms with Gasteiger partial charge in [0.2, 0.25) is 29.5 Å². The van der Waals surface area contributed by atoms with Crippen LogP contribution in [-0.2, 0) is 35.2 Å². The Hall–Kier alpha value is -5.19. The van der Waals surface area contributed by atoms with Crippen molar-refractivity contribution in [1.29, 1.82) is 0 Å². The summed E-state index contributed by atoms with van der Waals surface area (Å²) in [4.78, 5) is 80.5. The molecule has 0 saturated carbocycles. The zero-order valence-electron chi connectivity index (χ0n) is 23.4. The van der Waals surface area contributed by atoms with E-state index >= 15 is 0 Å². The first kappa shape index (κ1) is 34.0. The Labute approximate surface area is 246 Å². The molecule has 15 N–H and O–H groups in total. The molecule has 0 saturated heterocycles. The van der Waals surface area contributed by atoms with Crippen LogP contribution in [0.2, 0.25) is 0 Å². The van der Waals surface area contributed by atoms with Crippen LogP contribution in [0.3, 0.4) is 0 Å². The van der Waals surface area contributed by atoms with Crippen molar-refractivity contribution in [1.82, 2.24) is 20.9 Å². The Morgan fingerprint density at radius 3 is 2.05 bits per heavy atom. The average molecular weight is 603 g/mol. The number of H-pyrrole nitrogens is 1. The number of aliphatic imine (C=N–C) groups is 1. The number of aromatic nitrogens is 1. The molecule has 43 heavy (non-hydrogen) atoms. The van der Waals surface area contributed by atoms with Crippen molar-refractivity contribution in [3.05, 3.63) is 36.0 Å². The molecule has 17 nitrogen and oxygen atoms in total. The van der Waals surface area contributed by atoms with Crippen LogP contribution in [-0.4, -0.2) is 82.3 Å². The molecule has 1 aromatic heterocycles. The summed E-state index contributed by atoms with van der Waals surface area (Å²) in [6, 6.07) is 2.02. The minimum Gasteiger partial charge on any atom is -0.480 e. The first-order chi connectivity index (χ1) is 20.3. The van der Waals surface area contributed by atoms with Crippen molar-refractivity contribution in [3.8, 4) is 0 Å². The second-order valence-corrected chi connectivity index (χ2v) is 9.82. The predicted molar refractivity (Wildman–Crippen MR) is 156 cm³/mol. The fraction of sp³-hybridized carbons (Fsp3) is 0.423. The number of para-hydroxylation sites is 1. The average Bonchev–Trinajstić information content (AvgIpc) is 3.33. The summed E-state index contributed by atoms with van der Waals surface area (Å²) in [6.45, 7) is 0.0795. The largest absolute Gasteiger partial charge is 0.480 e. The quantitative estimate of drug-likeness (QED) is 0.0462. The molecule has 0 radical (unpaired) electrons. The van der Waals surface area contributed by atoms with Gasteiger partial charge in [-0.2, -0.15) is 0 Å². The van der Waals surface area contributed by atoms with Gasteiger partial charge in [0, 0.05) is 30.1 Å². The lowest BCUT2D eigenvalue weighted by Crippen LogP contribution is -2.57. The summed E-state index contributed by atoms with van der Waals surface area (Å²) >= 11 is 0. The standard InChI is InChI=1S/C26H38N10O7/c27-15(10-13-12-33-16-5-2-1-4-14(13)16)22(39)34-18(7-8-20(28)37)24(41)35-17(6-3-9-32-26(30)31)23(40)36-19(25(42)43)11-21(29)38/h1-2,4-5,12,15,17-19,33H,3,6-11,27H2,(H2,28,37)(H2,29,38)(H,34,39)(H,35,41)(H,36,40)(H,42,43)(H4,30,31,32). The van der Waals surface area contributed by atoms with Gasteiger partial charge in [-0.15, -0.1) is 0 Å². The number of carbonyl (C=O) groups is 6. The minimum atomic E-state index is -1.66. The number of nitrogens with two attached hydrogens (primary N) is 5. The van der Waals surface area contributed by atoms with Crippen LogP contribution in [0, 0.1) is 0 Å². The number of hydrogen-bond acceptors (Lipinski definition) is 8. The van der Waals surface area contributed by atoms with E-state index in [1.807, 2.05) is 24.3 Å². The zero-order chi connectivity index (χ0) is 32.1. The van der Waals surface area contributed by atoms with Crippen LogP contribution in [0.15, 0.2) is 35.5 Å². The molecular weight excluding hydrogens is 564 g/mol. The van der Waals surface area contributed by atoms with Crippen molar-refractivity contribution in [2.45, 2.75) is 62.7 Å². The molecule has 4 unspecified atom stereocenters. The van der Waals surface area contributed by atoms with Gasteiger partial charge in [0.05, 0.1) is 12.5 Å². The smallest absolute Gasteiger partial charge is 0.326 e. The van der Waals surface area contributed by atoms with Gasteiger partial charge in [0.1, 0.15) is 18.1 Å². The third-order valence-corrected chi connectivity index (χ3v) is 6.36. The molecule has 0 aliphatic carbocycles. The van der Waals surface area contributed by atoms with E-state index in [4.69, 9.17) is 28.7 Å². The number of nitrogens with zero attached hydrogens (tertiary/aromatic N) is 1. The van der Waals surface area contributed by atoms with E-state index in [-0.39, 0.29) is 44.6 Å². The lowest BCUT2D eigenvalue weighted by molar-refractivity contribution is -0.143. The molecule has 0 aliphatic rings. The van der Waals surface area contributed by atoms with Crippen molar-refractivity contribution in [2.75, 3.05) is 6.54 Å². The van der Waals surface area contributed by atoms with Gasteiger partial charge < -0.3 is 54.7 Å². The Bertz CT molecular complexity index is 1350. The van der Waals surface area contributed by atoms with Gasteiger partial charge in [0.15, 0.2) is 5.96 Å². The van der Waals surface area contributed by atoms with Crippen LogP contribution in [0.4, 0.5) is 0 Å². The van der Waals surface area contributed by atoms with Crippen LogP contribution in [0.1, 0.15) is 37.7 Å². The molecule has 0 bridgehead atoms. The molecular formula is C26H38N10O7. The van der Waals surface area contributed by atoms with Gasteiger partial charge in [-0.1, -0.05) is 18.2 Å². The third kappa shape index (κ3) is 11.3. The van der Waals surface area contributed by atoms with E-state index in [0.717, 1.165) is 16.5 Å². The maximum atomic E-state index is 13.3. The molecule has 2 rings (SSSR count). The number of amides is 5. The second kappa shape index (κ2) is 16.3. The Morgan fingerprint density at radius 1 is 0.837 bits per heavy atom. The van der Waals surface area contributed by atoms with Crippen molar-refractivity contribution >= 4 is 52.4 Å². The first-order valence-electron chi connectivity index (χ1n) is 13.3. The number of benzene rings is 1. The van der Waals surface area contributed by atoms with Crippen LogP contribution >= 0.6 is 0 Å². The summed E-state index contributed by atoms with van der Waals surface area (Å²) < 4.78 is 0. The van der Waals surface area contributed by atoms with Gasteiger partial charge in [-0.05, 0) is 37.3 Å². The molecule has 4 atom stereocenters. The normalized spacial score (nSPS) is 13.6. The number of aromatic amines is 1. The molecule has 2 aromatic rings. The lowest BCUT2D eigenvalue weighted by Gasteiger charge is -2.25. The Kier molecular flexibility index (Phi) is 12.9. The van der Waals surface area contributed by atoms with Crippen molar-refractivity contribution in [3.63, 3.8) is 0 Å². The summed E-state index contributed by atoms with van der Waals surface area (Å²) in [5.74, 6) is -5.93. The molecule has 0 aliphatic heterocycles. The number of carbonyl (C=O) groups excluding carboxylic acids is 5. The summed E-state index contributed by atoms with van der Waals surface area (Å²) in [7, 11) is 0. The lowest BCUT2D eigenvalue weighted by atomic mass is 10.0. The van der Waals surface area contributed by atoms with E-state index in [1.165, 1.54) is 0 Å². The number of nitrogens with one attached hydrogen (secondary N) is 4. The highest BCUT2D eigenvalue weighted by atomic mass is 16.4. The molecule has 1 aromatic carbocycles. The van der Waals surface area contributed by atoms with Crippen molar-refractivity contribution < 1.29 is 33.9 Å². The fourth-order valence-corrected chi connectivity index (χ4v) is 4.18. The summed E-state index contributed by atoms with van der Waals surface area (Å²) in [5.41, 5.74) is 28.7. The first-order valence-corrected chi connectivity index (χ1v) is 13.3. The third-order valence-electron chi connectivity index (χ3n) is 6.36. The number of hydrogen-bond donors (Lipinski definition) is 10. The van der Waals surface area contributed by atoms with Crippen LogP contribution in [0.25, 0.3) is 10.9 Å². The predicted octanol–water partition coefficient (Wildman–Crippen LogP) is -3.23. The number of carboxylic acid groups (broad SMARTS) is 1. The number of aliphatic carboxylic acids is 1. The Morgan fingerprint density at radius 2 is 1.44 bits per heavy atom. The van der Waals surface area contributed by atoms with Gasteiger partial charge in [-0.25, -0.2) is 4.79 Å². The number of carboxylic acids is 1. The summed E-state index contributed by atoms with van der Waals surface area (Å²) in [5, 5.41) is 17.4. The number of fused-ring (bicyclic) bond motifs is 1. The topological polar surface area (TPSA) is 317 Å². The Balaban J connectivity index is 2.19. The molecule has 17 heteroatoms. The SMILES string of the molecule is NC(=O)CCC(NC(=O)C(N)Cc1c[nH]c2ccccc12)C(=O)NC(CCCN=C(N)N)C(=O)NC(CC(N)=O)C(=O)O. The highest BCUT2D eigenvalue weighted by Crippen LogP contribution is 2.19. The van der Waals surface area contributed by atoms with Crippen molar-refractivity contribution in [2.24, 2.45) is 33.7 Å². The van der Waals surface area contributed by atoms with Gasteiger partial charge in [0.25, 0.3) is 0 Å². The number of primary amides is 2. The molecule has 0 spiro atoms. The van der Waals surface area contributed by atoms with Gasteiger partial charge >= 0.3 is 5.97 Å². The van der Waals surface area contributed by atoms with E-state index in [0.29, 0.717) is 0 Å². The van der Waals surface area contributed by atoms with Gasteiger partial charge in [-0.3, -0.25) is 29.0 Å². The monoisotopic (exact) mass is 602 g/mol. The maximum absolute atomic E-state index is 13.3. The van der Waals surface area contributed by atoms with Crippen LogP contribution in [0.5, 0.6) is 0 Å². The second-order valence-electron chi connectivity index (χ2n) is 9.82. The highest BCUT2D eigenvalue weighted by molar-refractivity contribution is 5.95. The molecule has 5 amide bonds. The fourth-order valence-electron chi connectivity index (χ4n) is 4.18.